The molecule has 0 atom stereocenters. The third kappa shape index (κ3) is 6.15. The lowest BCUT2D eigenvalue weighted by Crippen LogP contribution is -2.28. The topological polar surface area (TPSA) is 29.5 Å². The Bertz CT molecular complexity index is 4070. The summed E-state index contributed by atoms with van der Waals surface area (Å²) in [5.74, 6) is 0. The standard InChI is InChI=1S/C67H43NO2/c1-3-17-49(18-4-1)67(50-19-5-2-6-20-50)59-27-10-7-24-57(59)65-60(67)28-15-29-61(65)68(52-21-13-16-48(42-52)53-25-14-26-56-54-22-8-12-31-63(54)70-66(53)56)51-39-36-45(37-40-51)44-32-34-46(35-33-44)47-38-41-64-58(43-47)55-23-9-11-30-62(55)69-64/h1-43H. The molecule has 70 heavy (non-hydrogen) atoms. The molecule has 1 aliphatic rings. The maximum atomic E-state index is 6.61. The van der Waals surface area contributed by atoms with Gasteiger partial charge in [-0.3, -0.25) is 0 Å². The number of nitrogens with zero attached hydrogens (tertiary/aromatic N) is 1. The lowest BCUT2D eigenvalue weighted by Gasteiger charge is -2.34. The number of hydrogen-bond donors (Lipinski definition) is 0. The molecule has 11 aromatic carbocycles. The van der Waals surface area contributed by atoms with Crippen molar-refractivity contribution < 1.29 is 8.83 Å². The SMILES string of the molecule is c1ccc(C2(c3ccccc3)c3ccccc3-c3c(N(c4ccc(-c5ccc(-c6ccc7oc8ccccc8c7c6)cc5)cc4)c4cccc(-c5cccc6c5oc5ccccc56)c4)cccc32)cc1. The van der Waals surface area contributed by atoms with E-state index < -0.39 is 5.41 Å². The fourth-order valence-electron chi connectivity index (χ4n) is 11.4. The minimum Gasteiger partial charge on any atom is -0.456 e. The average molecular weight is 894 g/mol. The first-order valence-corrected chi connectivity index (χ1v) is 24.0. The zero-order chi connectivity index (χ0) is 46.2. The zero-order valence-corrected chi connectivity index (χ0v) is 38.1. The quantitative estimate of drug-likeness (QED) is 0.152. The van der Waals surface area contributed by atoms with Crippen LogP contribution in [0.1, 0.15) is 22.3 Å². The Hall–Kier alpha value is -9.18. The van der Waals surface area contributed by atoms with Gasteiger partial charge in [-0.15, -0.1) is 0 Å². The molecule has 2 aromatic heterocycles. The highest BCUT2D eigenvalue weighted by Crippen LogP contribution is 2.59. The van der Waals surface area contributed by atoms with Crippen LogP contribution in [0.25, 0.3) is 88.4 Å². The number of furan rings is 2. The van der Waals surface area contributed by atoms with E-state index in [1.165, 1.54) is 33.4 Å². The van der Waals surface area contributed by atoms with Crippen LogP contribution in [0, 0.1) is 0 Å². The second kappa shape index (κ2) is 16.0. The van der Waals surface area contributed by atoms with Crippen molar-refractivity contribution in [1.29, 1.82) is 0 Å². The van der Waals surface area contributed by atoms with E-state index >= 15 is 0 Å². The van der Waals surface area contributed by atoms with Gasteiger partial charge >= 0.3 is 0 Å². The summed E-state index contributed by atoms with van der Waals surface area (Å²) in [5, 5.41) is 4.50. The molecule has 1 aliphatic carbocycles. The second-order valence-electron chi connectivity index (χ2n) is 18.3. The molecule has 0 fully saturated rings. The summed E-state index contributed by atoms with van der Waals surface area (Å²) in [6.07, 6.45) is 0. The minimum absolute atomic E-state index is 0.539. The largest absolute Gasteiger partial charge is 0.456 e. The molecule has 13 aromatic rings. The molecule has 0 unspecified atom stereocenters. The Balaban J connectivity index is 0.926. The van der Waals surface area contributed by atoms with E-state index in [1.54, 1.807) is 0 Å². The van der Waals surface area contributed by atoms with E-state index in [-0.39, 0.29) is 0 Å². The van der Waals surface area contributed by atoms with Gasteiger partial charge in [0.2, 0.25) is 0 Å². The van der Waals surface area contributed by atoms with Crippen LogP contribution in [-0.2, 0) is 5.41 Å². The molecule has 0 saturated carbocycles. The van der Waals surface area contributed by atoms with E-state index in [0.29, 0.717) is 0 Å². The van der Waals surface area contributed by atoms with Gasteiger partial charge in [0.1, 0.15) is 22.3 Å². The van der Waals surface area contributed by atoms with Gasteiger partial charge in [0.25, 0.3) is 0 Å². The van der Waals surface area contributed by atoms with E-state index in [4.69, 9.17) is 8.83 Å². The van der Waals surface area contributed by atoms with Gasteiger partial charge in [-0.1, -0.05) is 206 Å². The Labute approximate surface area is 405 Å². The van der Waals surface area contributed by atoms with Crippen LogP contribution in [0.5, 0.6) is 0 Å². The summed E-state index contributed by atoms with van der Waals surface area (Å²) in [6.45, 7) is 0. The van der Waals surface area contributed by atoms with Crippen molar-refractivity contribution in [3.05, 3.63) is 283 Å². The molecule has 2 heterocycles. The van der Waals surface area contributed by atoms with Crippen LogP contribution >= 0.6 is 0 Å². The molecule has 0 spiro atoms. The molecular weight excluding hydrogens is 851 g/mol. The van der Waals surface area contributed by atoms with E-state index in [1.807, 2.05) is 18.2 Å². The normalized spacial score (nSPS) is 12.7. The molecule has 0 N–H and O–H groups in total. The second-order valence-corrected chi connectivity index (χ2v) is 18.3. The minimum atomic E-state index is -0.539. The fourth-order valence-corrected chi connectivity index (χ4v) is 11.4. The number of fused-ring (bicyclic) bond motifs is 9. The summed E-state index contributed by atoms with van der Waals surface area (Å²) in [5.41, 5.74) is 20.5. The first-order chi connectivity index (χ1) is 34.7. The van der Waals surface area contributed by atoms with Crippen LogP contribution in [0.3, 0.4) is 0 Å². The molecular formula is C67H43NO2. The number of anilines is 3. The number of benzene rings is 11. The van der Waals surface area contributed by atoms with E-state index in [2.05, 4.69) is 248 Å². The summed E-state index contributed by atoms with van der Waals surface area (Å²) in [6, 6.07) is 94.4. The van der Waals surface area contributed by atoms with Crippen LogP contribution in [0.15, 0.2) is 270 Å². The van der Waals surface area contributed by atoms with Crippen molar-refractivity contribution in [3.8, 4) is 44.5 Å². The Morgan fingerprint density at radius 1 is 0.300 bits per heavy atom. The van der Waals surface area contributed by atoms with Crippen molar-refractivity contribution in [3.63, 3.8) is 0 Å². The van der Waals surface area contributed by atoms with Gasteiger partial charge < -0.3 is 13.7 Å². The van der Waals surface area contributed by atoms with Crippen molar-refractivity contribution in [2.45, 2.75) is 5.41 Å². The van der Waals surface area contributed by atoms with Crippen LogP contribution in [-0.4, -0.2) is 0 Å². The Morgan fingerprint density at radius 3 is 1.57 bits per heavy atom. The van der Waals surface area contributed by atoms with Gasteiger partial charge in [-0.25, -0.2) is 0 Å². The van der Waals surface area contributed by atoms with Crippen LogP contribution < -0.4 is 4.90 Å². The lowest BCUT2D eigenvalue weighted by atomic mass is 9.68. The van der Waals surface area contributed by atoms with Gasteiger partial charge in [-0.05, 0) is 110 Å². The Kier molecular flexibility index (Phi) is 9.11. The van der Waals surface area contributed by atoms with Gasteiger partial charge in [-0.2, -0.15) is 0 Å². The third-order valence-corrected chi connectivity index (χ3v) is 14.6. The van der Waals surface area contributed by atoms with Gasteiger partial charge in [0.15, 0.2) is 0 Å². The number of para-hydroxylation sites is 3. The zero-order valence-electron chi connectivity index (χ0n) is 38.1. The molecule has 0 radical (unpaired) electrons. The predicted octanol–water partition coefficient (Wildman–Crippen LogP) is 18.3. The van der Waals surface area contributed by atoms with E-state index in [9.17, 15) is 0 Å². The molecule has 0 bridgehead atoms. The van der Waals surface area contributed by atoms with Crippen LogP contribution in [0.2, 0.25) is 0 Å². The molecule has 14 rings (SSSR count). The van der Waals surface area contributed by atoms with Crippen molar-refractivity contribution in [1.82, 2.24) is 0 Å². The van der Waals surface area contributed by atoms with E-state index in [0.717, 1.165) is 94.3 Å². The number of hydrogen-bond acceptors (Lipinski definition) is 3. The summed E-state index contributed by atoms with van der Waals surface area (Å²) in [4.78, 5) is 2.45. The first kappa shape index (κ1) is 39.9. The molecule has 0 amide bonds. The Morgan fingerprint density at radius 2 is 0.829 bits per heavy atom. The maximum Gasteiger partial charge on any atom is 0.143 e. The highest BCUT2D eigenvalue weighted by atomic mass is 16.3. The number of rotatable bonds is 8. The van der Waals surface area contributed by atoms with Crippen molar-refractivity contribution >= 4 is 60.9 Å². The monoisotopic (exact) mass is 893 g/mol. The van der Waals surface area contributed by atoms with Gasteiger partial charge in [0.05, 0.1) is 11.1 Å². The molecule has 3 nitrogen and oxygen atoms in total. The smallest absolute Gasteiger partial charge is 0.143 e. The third-order valence-electron chi connectivity index (χ3n) is 14.6. The fraction of sp³-hybridized carbons (Fsp3) is 0.0149. The highest BCUT2D eigenvalue weighted by Gasteiger charge is 2.47. The van der Waals surface area contributed by atoms with Crippen molar-refractivity contribution in [2.24, 2.45) is 0 Å². The predicted molar refractivity (Wildman–Crippen MR) is 289 cm³/mol. The maximum absolute atomic E-state index is 6.61. The van der Waals surface area contributed by atoms with Crippen LogP contribution in [0.4, 0.5) is 17.1 Å². The molecule has 0 saturated heterocycles. The first-order valence-electron chi connectivity index (χ1n) is 24.0. The highest BCUT2D eigenvalue weighted by molar-refractivity contribution is 6.10. The van der Waals surface area contributed by atoms with Gasteiger partial charge in [0, 0.05) is 44.0 Å². The summed E-state index contributed by atoms with van der Waals surface area (Å²) in [7, 11) is 0. The average Bonchev–Trinajstić information content (AvgIpc) is 4.10. The van der Waals surface area contributed by atoms with Crippen molar-refractivity contribution in [2.75, 3.05) is 4.90 Å². The summed E-state index contributed by atoms with van der Waals surface area (Å²) >= 11 is 0. The molecule has 3 heteroatoms. The lowest BCUT2D eigenvalue weighted by molar-refractivity contribution is 0.669. The molecule has 328 valence electrons. The summed E-state index contributed by atoms with van der Waals surface area (Å²) < 4.78 is 12.7. The molecule has 0 aliphatic heterocycles.